The van der Waals surface area contributed by atoms with Crippen LogP contribution in [-0.2, 0) is 5.41 Å². The van der Waals surface area contributed by atoms with Crippen LogP contribution < -0.4 is 4.90 Å². The van der Waals surface area contributed by atoms with Gasteiger partial charge in [-0.15, -0.1) is 0 Å². The minimum atomic E-state index is -0.492. The SMILES string of the molecule is C/C(C=C1C(=O)c2c(Cl)c(Cl)c(Cl)c(Cl)c2C1=O)=C1/N(c2c(C)cc(C)cc2C)c2ccc3ccccc3c2C12CCCCC2. The third-order valence-electron chi connectivity index (χ3n) is 9.81. The van der Waals surface area contributed by atoms with Crippen molar-refractivity contribution in [3.8, 4) is 0 Å². The summed E-state index contributed by atoms with van der Waals surface area (Å²) in [5.41, 5.74) is 8.84. The molecule has 0 bridgehead atoms. The summed E-state index contributed by atoms with van der Waals surface area (Å²) in [4.78, 5) is 30.2. The van der Waals surface area contributed by atoms with Crippen LogP contribution in [0.4, 0.5) is 11.4 Å². The molecule has 228 valence electrons. The summed E-state index contributed by atoms with van der Waals surface area (Å²) in [5, 5.41) is 2.27. The second-order valence-corrected chi connectivity index (χ2v) is 14.2. The number of nitrogens with zero attached hydrogens (tertiary/aromatic N) is 1. The molecule has 4 aromatic rings. The molecule has 0 N–H and O–H groups in total. The maximum absolute atomic E-state index is 13.9. The molecule has 0 atom stereocenters. The van der Waals surface area contributed by atoms with E-state index in [0.29, 0.717) is 0 Å². The Labute approximate surface area is 283 Å². The van der Waals surface area contributed by atoms with E-state index in [-0.39, 0.29) is 42.2 Å². The van der Waals surface area contributed by atoms with Crippen molar-refractivity contribution in [2.24, 2.45) is 0 Å². The molecule has 2 aliphatic carbocycles. The van der Waals surface area contributed by atoms with E-state index < -0.39 is 11.6 Å². The second-order valence-electron chi connectivity index (χ2n) is 12.7. The molecule has 7 rings (SSSR count). The Balaban J connectivity index is 1.55. The highest BCUT2D eigenvalue weighted by Crippen LogP contribution is 2.61. The summed E-state index contributed by atoms with van der Waals surface area (Å²) in [7, 11) is 0. The molecule has 45 heavy (non-hydrogen) atoms. The van der Waals surface area contributed by atoms with Crippen LogP contribution in [0.25, 0.3) is 10.8 Å². The number of aryl methyl sites for hydroxylation is 3. The summed E-state index contributed by atoms with van der Waals surface area (Å²) >= 11 is 25.6. The van der Waals surface area contributed by atoms with Crippen molar-refractivity contribution in [3.63, 3.8) is 0 Å². The topological polar surface area (TPSA) is 37.4 Å². The molecule has 7 heteroatoms. The molecule has 1 saturated carbocycles. The fourth-order valence-electron chi connectivity index (χ4n) is 8.20. The van der Waals surface area contributed by atoms with Crippen molar-refractivity contribution < 1.29 is 9.59 Å². The van der Waals surface area contributed by atoms with E-state index in [1.54, 1.807) is 6.08 Å². The van der Waals surface area contributed by atoms with Gasteiger partial charge in [-0.2, -0.15) is 0 Å². The number of Topliss-reactive ketones (excluding diaryl/α,β-unsaturated/α-hetero) is 2. The van der Waals surface area contributed by atoms with E-state index in [0.717, 1.165) is 48.3 Å². The Bertz CT molecular complexity index is 1990. The van der Waals surface area contributed by atoms with Gasteiger partial charge in [0.05, 0.1) is 48.2 Å². The lowest BCUT2D eigenvalue weighted by molar-refractivity contribution is 0.0988. The number of hydrogen-bond acceptors (Lipinski definition) is 3. The van der Waals surface area contributed by atoms with Gasteiger partial charge >= 0.3 is 0 Å². The number of hydrogen-bond donors (Lipinski definition) is 0. The van der Waals surface area contributed by atoms with Crippen molar-refractivity contribution in [1.82, 2.24) is 0 Å². The van der Waals surface area contributed by atoms with Gasteiger partial charge in [-0.3, -0.25) is 9.59 Å². The molecule has 1 aliphatic heterocycles. The maximum Gasteiger partial charge on any atom is 0.199 e. The first-order chi connectivity index (χ1) is 21.5. The normalized spacial score (nSPS) is 18.2. The van der Waals surface area contributed by atoms with Gasteiger partial charge in [0.15, 0.2) is 11.6 Å². The van der Waals surface area contributed by atoms with Crippen molar-refractivity contribution in [2.75, 3.05) is 4.90 Å². The van der Waals surface area contributed by atoms with Gasteiger partial charge in [-0.05, 0) is 85.7 Å². The molecular formula is C38H31Cl4NO2. The third-order valence-corrected chi connectivity index (χ3v) is 11.6. The Morgan fingerprint density at radius 1 is 0.778 bits per heavy atom. The summed E-state index contributed by atoms with van der Waals surface area (Å²) in [6.07, 6.45) is 7.01. The van der Waals surface area contributed by atoms with E-state index in [1.165, 1.54) is 39.4 Å². The zero-order valence-electron chi connectivity index (χ0n) is 25.5. The van der Waals surface area contributed by atoms with Crippen LogP contribution in [0.5, 0.6) is 0 Å². The average molecular weight is 675 g/mol. The number of carbonyl (C=O) groups excluding carboxylic acids is 2. The van der Waals surface area contributed by atoms with Crippen LogP contribution in [0.3, 0.4) is 0 Å². The molecule has 4 aromatic carbocycles. The first kappa shape index (κ1) is 30.6. The predicted molar refractivity (Wildman–Crippen MR) is 187 cm³/mol. The molecule has 0 aromatic heterocycles. The van der Waals surface area contributed by atoms with Crippen LogP contribution in [-0.4, -0.2) is 11.6 Å². The first-order valence-electron chi connectivity index (χ1n) is 15.3. The highest BCUT2D eigenvalue weighted by atomic mass is 35.5. The van der Waals surface area contributed by atoms with Crippen molar-refractivity contribution in [1.29, 1.82) is 0 Å². The molecule has 0 unspecified atom stereocenters. The van der Waals surface area contributed by atoms with Gasteiger partial charge in [0.25, 0.3) is 0 Å². The number of fused-ring (bicyclic) bond motifs is 5. The summed E-state index contributed by atoms with van der Waals surface area (Å²) < 4.78 is 0. The Kier molecular flexibility index (Phi) is 7.49. The van der Waals surface area contributed by atoms with E-state index in [9.17, 15) is 9.59 Å². The van der Waals surface area contributed by atoms with Crippen molar-refractivity contribution in [2.45, 2.75) is 65.2 Å². The maximum atomic E-state index is 13.9. The van der Waals surface area contributed by atoms with Gasteiger partial charge in [0, 0.05) is 11.1 Å². The Morgan fingerprint density at radius 2 is 1.36 bits per heavy atom. The minimum absolute atomic E-state index is 0.0141. The van der Waals surface area contributed by atoms with Crippen LogP contribution in [0.2, 0.25) is 20.1 Å². The van der Waals surface area contributed by atoms with Crippen molar-refractivity contribution in [3.05, 3.63) is 125 Å². The molecular weight excluding hydrogens is 644 g/mol. The lowest BCUT2D eigenvalue weighted by Gasteiger charge is -2.39. The fraction of sp³-hybridized carbons (Fsp3) is 0.263. The van der Waals surface area contributed by atoms with E-state index in [1.807, 2.05) is 6.92 Å². The molecule has 3 aliphatic rings. The first-order valence-corrected chi connectivity index (χ1v) is 16.8. The van der Waals surface area contributed by atoms with Gasteiger partial charge in [0.2, 0.25) is 0 Å². The number of rotatable bonds is 2. The molecule has 1 spiro atoms. The smallest absolute Gasteiger partial charge is 0.199 e. The number of halogens is 4. The molecule has 3 nitrogen and oxygen atoms in total. The zero-order valence-corrected chi connectivity index (χ0v) is 28.5. The van der Waals surface area contributed by atoms with Crippen LogP contribution in [0.15, 0.2) is 71.5 Å². The Morgan fingerprint density at radius 3 is 1.96 bits per heavy atom. The number of benzene rings is 4. The van der Waals surface area contributed by atoms with Crippen LogP contribution in [0, 0.1) is 20.8 Å². The molecule has 0 amide bonds. The van der Waals surface area contributed by atoms with E-state index in [4.69, 9.17) is 46.4 Å². The van der Waals surface area contributed by atoms with Gasteiger partial charge < -0.3 is 4.90 Å². The third kappa shape index (κ3) is 4.38. The van der Waals surface area contributed by atoms with E-state index in [2.05, 4.69) is 74.2 Å². The number of ketones is 2. The highest BCUT2D eigenvalue weighted by Gasteiger charge is 2.50. The summed E-state index contributed by atoms with van der Waals surface area (Å²) in [5.74, 6) is -0.985. The van der Waals surface area contributed by atoms with Crippen LogP contribution in [0.1, 0.15) is 82.0 Å². The predicted octanol–water partition coefficient (Wildman–Crippen LogP) is 12.0. The van der Waals surface area contributed by atoms with Crippen LogP contribution >= 0.6 is 46.4 Å². The van der Waals surface area contributed by atoms with E-state index >= 15 is 0 Å². The lowest BCUT2D eigenvalue weighted by atomic mass is 9.66. The number of carbonyl (C=O) groups is 2. The minimum Gasteiger partial charge on any atom is -0.312 e. The monoisotopic (exact) mass is 673 g/mol. The molecule has 0 radical (unpaired) electrons. The number of allylic oxidation sites excluding steroid dienone is 4. The number of anilines is 2. The van der Waals surface area contributed by atoms with Gasteiger partial charge in [-0.1, -0.05) is 114 Å². The van der Waals surface area contributed by atoms with Gasteiger partial charge in [-0.25, -0.2) is 0 Å². The molecule has 1 fully saturated rings. The lowest BCUT2D eigenvalue weighted by Crippen LogP contribution is -2.33. The Hall–Kier alpha value is -3.08. The standard InChI is InChI=1S/C38H31Cl4NO2/c1-19-16-20(2)34(21(3)17-19)43-26-13-12-23-10-6-7-11-24(23)29(26)38(14-8-5-9-15-38)37(43)22(4)18-25-35(44)27-28(36(25)45)31(40)33(42)32(41)30(27)39/h6-7,10-13,16-18H,5,8-9,14-15H2,1-4H3/b37-22-. The summed E-state index contributed by atoms with van der Waals surface area (Å²) in [6.45, 7) is 8.45. The van der Waals surface area contributed by atoms with Gasteiger partial charge in [0.1, 0.15) is 0 Å². The quantitative estimate of drug-likeness (QED) is 0.0919. The highest BCUT2D eigenvalue weighted by molar-refractivity contribution is 6.57. The zero-order chi connectivity index (χ0) is 31.9. The largest absolute Gasteiger partial charge is 0.312 e. The average Bonchev–Trinajstić information content (AvgIpc) is 3.42. The molecule has 0 saturated heterocycles. The fourth-order valence-corrected chi connectivity index (χ4v) is 9.23. The van der Waals surface area contributed by atoms with Crippen molar-refractivity contribution >= 4 is 80.1 Å². The molecule has 1 heterocycles. The second kappa shape index (κ2) is 11.0. The summed E-state index contributed by atoms with van der Waals surface area (Å²) in [6, 6.07) is 17.5.